The van der Waals surface area contributed by atoms with Crippen LogP contribution in [0.5, 0.6) is 11.5 Å². The molecule has 1 aromatic heterocycles. The summed E-state index contributed by atoms with van der Waals surface area (Å²) in [6.07, 6.45) is 8.75. The van der Waals surface area contributed by atoms with Gasteiger partial charge in [-0.25, -0.2) is 0 Å². The second kappa shape index (κ2) is 13.2. The van der Waals surface area contributed by atoms with Crippen molar-refractivity contribution in [3.63, 3.8) is 0 Å². The van der Waals surface area contributed by atoms with Crippen LogP contribution in [0.4, 0.5) is 5.69 Å². The van der Waals surface area contributed by atoms with Crippen molar-refractivity contribution >= 4 is 43.0 Å². The van der Waals surface area contributed by atoms with Gasteiger partial charge in [0.1, 0.15) is 18.1 Å². The van der Waals surface area contributed by atoms with Crippen LogP contribution in [0.25, 0.3) is 20.5 Å². The number of rotatable bonds is 13. The van der Waals surface area contributed by atoms with Crippen LogP contribution in [-0.4, -0.2) is 49.3 Å². The molecule has 6 rings (SSSR count). The lowest BCUT2D eigenvalue weighted by Crippen LogP contribution is -2.30. The standard InChI is InChI=1S/C35H41BrN2O2S/c1-2-16-37(19-15-25-5-6-25)20-21-40-29-11-8-27(9-12-29)35-31(30-13-10-28(39)24-34(30)41-35)22-26-7-14-33(32(36)23-26)38-17-3-4-18-38/h7-14,23-25,39H,2-6,15-22H2,1H3. The van der Waals surface area contributed by atoms with Crippen LogP contribution >= 0.6 is 27.3 Å². The maximum absolute atomic E-state index is 10.2. The van der Waals surface area contributed by atoms with Gasteiger partial charge in [-0.1, -0.05) is 25.8 Å². The van der Waals surface area contributed by atoms with Gasteiger partial charge in [0.05, 0.1) is 5.69 Å². The highest BCUT2D eigenvalue weighted by molar-refractivity contribution is 9.10. The third-order valence-electron chi connectivity index (χ3n) is 8.50. The highest BCUT2D eigenvalue weighted by atomic mass is 79.9. The SMILES string of the molecule is CCCN(CCOc1ccc(-c2sc3cc(O)ccc3c2Cc2ccc(N3CCCC3)c(Br)c2)cc1)CCC1CC1. The van der Waals surface area contributed by atoms with Crippen molar-refractivity contribution in [2.45, 2.75) is 51.9 Å². The van der Waals surface area contributed by atoms with E-state index in [0.717, 1.165) is 55.6 Å². The van der Waals surface area contributed by atoms with Gasteiger partial charge in [-0.05, 0) is 144 Å². The van der Waals surface area contributed by atoms with Crippen molar-refractivity contribution in [3.8, 4) is 21.9 Å². The third-order valence-corrected chi connectivity index (χ3v) is 10.4. The molecule has 1 N–H and O–H groups in total. The number of anilines is 1. The Kier molecular flexibility index (Phi) is 9.19. The number of ether oxygens (including phenoxy) is 1. The van der Waals surface area contributed by atoms with Crippen molar-refractivity contribution < 1.29 is 9.84 Å². The molecule has 1 aliphatic carbocycles. The molecule has 41 heavy (non-hydrogen) atoms. The van der Waals surface area contributed by atoms with E-state index in [9.17, 15) is 5.11 Å². The molecule has 1 aliphatic heterocycles. The lowest BCUT2D eigenvalue weighted by atomic mass is 9.98. The van der Waals surface area contributed by atoms with E-state index in [1.54, 1.807) is 17.4 Å². The first-order valence-corrected chi connectivity index (χ1v) is 16.9. The fourth-order valence-electron chi connectivity index (χ4n) is 6.04. The van der Waals surface area contributed by atoms with Crippen LogP contribution in [-0.2, 0) is 6.42 Å². The molecule has 0 amide bonds. The number of fused-ring (bicyclic) bond motifs is 1. The van der Waals surface area contributed by atoms with E-state index >= 15 is 0 Å². The summed E-state index contributed by atoms with van der Waals surface area (Å²) in [5.41, 5.74) is 5.08. The molecule has 0 unspecified atom stereocenters. The topological polar surface area (TPSA) is 35.9 Å². The summed E-state index contributed by atoms with van der Waals surface area (Å²) in [5.74, 6) is 2.21. The molecule has 6 heteroatoms. The van der Waals surface area contributed by atoms with E-state index in [1.807, 2.05) is 6.07 Å². The van der Waals surface area contributed by atoms with Crippen molar-refractivity contribution in [1.29, 1.82) is 0 Å². The number of hydrogen-bond donors (Lipinski definition) is 1. The number of thiophene rings is 1. The summed E-state index contributed by atoms with van der Waals surface area (Å²) in [4.78, 5) is 6.29. The Hall–Kier alpha value is -2.54. The summed E-state index contributed by atoms with van der Waals surface area (Å²) in [6, 6.07) is 21.2. The Balaban J connectivity index is 1.18. The van der Waals surface area contributed by atoms with E-state index in [0.29, 0.717) is 5.75 Å². The molecule has 3 aromatic carbocycles. The summed E-state index contributed by atoms with van der Waals surface area (Å²) in [7, 11) is 0. The molecule has 2 fully saturated rings. The average molecular weight is 634 g/mol. The minimum absolute atomic E-state index is 0.313. The molecule has 2 aliphatic rings. The monoisotopic (exact) mass is 632 g/mol. The summed E-state index contributed by atoms with van der Waals surface area (Å²) < 4.78 is 8.47. The average Bonchev–Trinajstić information content (AvgIpc) is 3.52. The normalized spacial score (nSPS) is 15.3. The van der Waals surface area contributed by atoms with Crippen LogP contribution in [0.15, 0.2) is 65.1 Å². The van der Waals surface area contributed by atoms with Crippen molar-refractivity contribution in [2.24, 2.45) is 5.92 Å². The largest absolute Gasteiger partial charge is 0.508 e. The van der Waals surface area contributed by atoms with E-state index in [2.05, 4.69) is 81.2 Å². The Morgan fingerprint density at radius 3 is 2.51 bits per heavy atom. The highest BCUT2D eigenvalue weighted by Crippen LogP contribution is 2.42. The Labute approximate surface area is 257 Å². The molecule has 216 valence electrons. The zero-order valence-electron chi connectivity index (χ0n) is 24.1. The molecular formula is C35H41BrN2O2S. The minimum atomic E-state index is 0.313. The van der Waals surface area contributed by atoms with Crippen molar-refractivity contribution in [2.75, 3.05) is 44.2 Å². The van der Waals surface area contributed by atoms with Gasteiger partial charge in [0.2, 0.25) is 0 Å². The Morgan fingerprint density at radius 1 is 0.976 bits per heavy atom. The van der Waals surface area contributed by atoms with Crippen LogP contribution in [0, 0.1) is 5.92 Å². The first kappa shape index (κ1) is 28.6. The van der Waals surface area contributed by atoms with E-state index in [4.69, 9.17) is 4.74 Å². The van der Waals surface area contributed by atoms with E-state index in [1.165, 1.54) is 82.2 Å². The van der Waals surface area contributed by atoms with Crippen LogP contribution in [0.2, 0.25) is 0 Å². The maximum atomic E-state index is 10.2. The fraction of sp³-hybridized carbons (Fsp3) is 0.429. The molecule has 4 aromatic rings. The number of halogens is 1. The maximum Gasteiger partial charge on any atom is 0.119 e. The van der Waals surface area contributed by atoms with Crippen molar-refractivity contribution in [3.05, 3.63) is 76.3 Å². The zero-order chi connectivity index (χ0) is 28.2. The van der Waals surface area contributed by atoms with Gasteiger partial charge in [-0.3, -0.25) is 4.90 Å². The molecule has 1 saturated carbocycles. The van der Waals surface area contributed by atoms with E-state index < -0.39 is 0 Å². The van der Waals surface area contributed by atoms with E-state index in [-0.39, 0.29) is 0 Å². The second-order valence-electron chi connectivity index (χ2n) is 11.7. The lowest BCUT2D eigenvalue weighted by Gasteiger charge is -2.21. The lowest BCUT2D eigenvalue weighted by molar-refractivity contribution is 0.204. The van der Waals surface area contributed by atoms with Crippen molar-refractivity contribution in [1.82, 2.24) is 4.90 Å². The molecule has 1 saturated heterocycles. The Morgan fingerprint density at radius 2 is 1.78 bits per heavy atom. The molecule has 0 bridgehead atoms. The molecule has 0 atom stereocenters. The quantitative estimate of drug-likeness (QED) is 0.159. The van der Waals surface area contributed by atoms with Gasteiger partial charge < -0.3 is 14.7 Å². The third kappa shape index (κ3) is 7.10. The number of phenolic OH excluding ortho intramolecular Hbond substituents is 1. The van der Waals surface area contributed by atoms with Gasteiger partial charge in [0.15, 0.2) is 0 Å². The molecule has 4 nitrogen and oxygen atoms in total. The first-order valence-electron chi connectivity index (χ1n) is 15.3. The molecule has 2 heterocycles. The van der Waals surface area contributed by atoms with Crippen LogP contribution in [0.1, 0.15) is 56.6 Å². The highest BCUT2D eigenvalue weighted by Gasteiger charge is 2.22. The van der Waals surface area contributed by atoms with Gasteiger partial charge in [0, 0.05) is 33.7 Å². The summed E-state index contributed by atoms with van der Waals surface area (Å²) in [6.45, 7) is 8.59. The number of benzene rings is 3. The number of aromatic hydroxyl groups is 1. The Bertz CT molecular complexity index is 1460. The fourth-order valence-corrected chi connectivity index (χ4v) is 7.98. The van der Waals surface area contributed by atoms with Gasteiger partial charge in [-0.2, -0.15) is 0 Å². The zero-order valence-corrected chi connectivity index (χ0v) is 26.5. The summed E-state index contributed by atoms with van der Waals surface area (Å²) in [5, 5.41) is 11.4. The number of nitrogens with zero attached hydrogens (tertiary/aromatic N) is 2. The van der Waals surface area contributed by atoms with Gasteiger partial charge in [-0.15, -0.1) is 11.3 Å². The van der Waals surface area contributed by atoms with Gasteiger partial charge >= 0.3 is 0 Å². The smallest absolute Gasteiger partial charge is 0.119 e. The predicted molar refractivity (Wildman–Crippen MR) is 177 cm³/mol. The number of phenols is 1. The first-order chi connectivity index (χ1) is 20.1. The molecular weight excluding hydrogens is 592 g/mol. The second-order valence-corrected chi connectivity index (χ2v) is 13.6. The predicted octanol–water partition coefficient (Wildman–Crippen LogP) is 9.12. The minimum Gasteiger partial charge on any atom is -0.508 e. The number of hydrogen-bond acceptors (Lipinski definition) is 5. The molecule has 0 spiro atoms. The summed E-state index contributed by atoms with van der Waals surface area (Å²) >= 11 is 5.62. The molecule has 0 radical (unpaired) electrons. The van der Waals surface area contributed by atoms with Crippen LogP contribution < -0.4 is 9.64 Å². The van der Waals surface area contributed by atoms with Gasteiger partial charge in [0.25, 0.3) is 0 Å². The van der Waals surface area contributed by atoms with Crippen LogP contribution in [0.3, 0.4) is 0 Å².